The zero-order chi connectivity index (χ0) is 22.2. The molecule has 0 unspecified atom stereocenters. The number of piperazine rings is 1. The molecule has 5 heteroatoms. The number of carbonyl (C=O) groups is 1. The first-order valence-electron chi connectivity index (χ1n) is 11.3. The van der Waals surface area contributed by atoms with Crippen LogP contribution in [0.1, 0.15) is 33.1 Å². The molecule has 0 aliphatic carbocycles. The Morgan fingerprint density at radius 3 is 2.45 bits per heavy atom. The normalized spacial score (nSPS) is 15.4. The minimum atomic E-state index is 0.0180. The molecule has 1 atom stereocenters. The first kappa shape index (κ1) is 22.8. The highest BCUT2D eigenvalue weighted by Gasteiger charge is 2.17. The molecule has 0 radical (unpaired) electrons. The van der Waals surface area contributed by atoms with Crippen molar-refractivity contribution in [1.29, 1.82) is 5.26 Å². The fourth-order valence-electron chi connectivity index (χ4n) is 3.89. The average molecular weight is 419 g/mol. The molecule has 5 nitrogen and oxygen atoms in total. The molecular formula is C26H34N4O. The standard InChI is InChI=1S/C26H34N4O/c1-4-21(2)8-13-26(31)30(15-14-27)25-7-5-6-23(20-25)22-9-11-24(12-10-22)29-18-16-28(3)17-19-29/h5-7,9-12,20-21H,4,8,13,15-19H2,1-3H3/t21-/m0/s1. The lowest BCUT2D eigenvalue weighted by Gasteiger charge is -2.34. The number of carbonyl (C=O) groups excluding carboxylic acids is 1. The van der Waals surface area contributed by atoms with E-state index in [9.17, 15) is 10.1 Å². The second-order valence-corrected chi connectivity index (χ2v) is 8.58. The van der Waals surface area contributed by atoms with Crippen LogP contribution in [0.3, 0.4) is 0 Å². The third-order valence-corrected chi connectivity index (χ3v) is 6.30. The summed E-state index contributed by atoms with van der Waals surface area (Å²) < 4.78 is 0. The van der Waals surface area contributed by atoms with Crippen molar-refractivity contribution in [2.24, 2.45) is 5.92 Å². The minimum Gasteiger partial charge on any atom is -0.369 e. The van der Waals surface area contributed by atoms with Crippen LogP contribution >= 0.6 is 0 Å². The summed E-state index contributed by atoms with van der Waals surface area (Å²) in [4.78, 5) is 19.2. The van der Waals surface area contributed by atoms with Crippen molar-refractivity contribution in [1.82, 2.24) is 4.90 Å². The summed E-state index contributed by atoms with van der Waals surface area (Å²) in [5.41, 5.74) is 4.21. The van der Waals surface area contributed by atoms with Crippen molar-refractivity contribution in [2.75, 3.05) is 49.6 Å². The van der Waals surface area contributed by atoms with E-state index >= 15 is 0 Å². The van der Waals surface area contributed by atoms with Gasteiger partial charge in [0.25, 0.3) is 0 Å². The van der Waals surface area contributed by atoms with Gasteiger partial charge in [-0.2, -0.15) is 5.26 Å². The van der Waals surface area contributed by atoms with E-state index in [-0.39, 0.29) is 12.5 Å². The average Bonchev–Trinajstić information content (AvgIpc) is 2.81. The SMILES string of the molecule is CC[C@H](C)CCC(=O)N(CC#N)c1cccc(-c2ccc(N3CCN(C)CC3)cc2)c1. The summed E-state index contributed by atoms with van der Waals surface area (Å²) in [5, 5.41) is 9.28. The van der Waals surface area contributed by atoms with Crippen LogP contribution in [-0.4, -0.2) is 50.6 Å². The van der Waals surface area contributed by atoms with Gasteiger partial charge in [0, 0.05) is 44.0 Å². The Hall–Kier alpha value is -2.84. The lowest BCUT2D eigenvalue weighted by molar-refractivity contribution is -0.118. The number of hydrogen-bond donors (Lipinski definition) is 0. The summed E-state index contributed by atoms with van der Waals surface area (Å²) in [5.74, 6) is 0.530. The zero-order valence-corrected chi connectivity index (χ0v) is 19.1. The molecule has 0 bridgehead atoms. The maximum Gasteiger partial charge on any atom is 0.227 e. The number of hydrogen-bond acceptors (Lipinski definition) is 4. The predicted molar refractivity (Wildman–Crippen MR) is 128 cm³/mol. The van der Waals surface area contributed by atoms with Crippen molar-refractivity contribution < 1.29 is 4.79 Å². The Balaban J connectivity index is 1.75. The van der Waals surface area contributed by atoms with Gasteiger partial charge in [0.05, 0.1) is 6.07 Å². The molecule has 2 aromatic carbocycles. The molecule has 1 heterocycles. The van der Waals surface area contributed by atoms with Crippen LogP contribution in [0.25, 0.3) is 11.1 Å². The number of benzene rings is 2. The largest absolute Gasteiger partial charge is 0.369 e. The molecule has 1 saturated heterocycles. The monoisotopic (exact) mass is 418 g/mol. The number of rotatable bonds is 8. The van der Waals surface area contributed by atoms with Crippen molar-refractivity contribution in [2.45, 2.75) is 33.1 Å². The molecule has 1 amide bonds. The molecule has 31 heavy (non-hydrogen) atoms. The van der Waals surface area contributed by atoms with Gasteiger partial charge in [-0.1, -0.05) is 44.5 Å². The Kier molecular flexibility index (Phi) is 8.08. The Morgan fingerprint density at radius 1 is 1.10 bits per heavy atom. The predicted octanol–water partition coefficient (Wildman–Crippen LogP) is 4.79. The third kappa shape index (κ3) is 6.08. The topological polar surface area (TPSA) is 50.6 Å². The van der Waals surface area contributed by atoms with Crippen molar-refractivity contribution in [3.05, 3.63) is 48.5 Å². The van der Waals surface area contributed by atoms with Gasteiger partial charge in [0.2, 0.25) is 5.91 Å². The van der Waals surface area contributed by atoms with Gasteiger partial charge in [0.15, 0.2) is 0 Å². The van der Waals surface area contributed by atoms with E-state index in [0.717, 1.165) is 55.8 Å². The van der Waals surface area contributed by atoms with Gasteiger partial charge < -0.3 is 9.80 Å². The fourth-order valence-corrected chi connectivity index (χ4v) is 3.89. The molecule has 3 rings (SSSR count). The highest BCUT2D eigenvalue weighted by Crippen LogP contribution is 2.28. The van der Waals surface area contributed by atoms with E-state index in [1.54, 1.807) is 4.90 Å². The smallest absolute Gasteiger partial charge is 0.227 e. The number of amides is 1. The number of anilines is 2. The van der Waals surface area contributed by atoms with Gasteiger partial charge in [-0.25, -0.2) is 0 Å². The van der Waals surface area contributed by atoms with Gasteiger partial charge in [-0.15, -0.1) is 0 Å². The first-order chi connectivity index (χ1) is 15.0. The molecule has 0 aromatic heterocycles. The molecule has 2 aromatic rings. The third-order valence-electron chi connectivity index (χ3n) is 6.30. The van der Waals surface area contributed by atoms with Crippen molar-refractivity contribution in [3.8, 4) is 17.2 Å². The van der Waals surface area contributed by atoms with Gasteiger partial charge in [-0.05, 0) is 54.8 Å². The van der Waals surface area contributed by atoms with Crippen LogP contribution in [-0.2, 0) is 4.79 Å². The van der Waals surface area contributed by atoms with E-state index in [2.05, 4.69) is 67.1 Å². The summed E-state index contributed by atoms with van der Waals surface area (Å²) in [6, 6.07) is 18.8. The van der Waals surface area contributed by atoms with Crippen molar-refractivity contribution >= 4 is 17.3 Å². The first-order valence-corrected chi connectivity index (χ1v) is 11.3. The van der Waals surface area contributed by atoms with Crippen LogP contribution in [0.5, 0.6) is 0 Å². The summed E-state index contributed by atoms with van der Waals surface area (Å²) in [7, 11) is 2.16. The molecule has 0 N–H and O–H groups in total. The van der Waals surface area contributed by atoms with Gasteiger partial charge in [-0.3, -0.25) is 9.69 Å². The van der Waals surface area contributed by atoms with Crippen LogP contribution in [0.15, 0.2) is 48.5 Å². The van der Waals surface area contributed by atoms with Crippen LogP contribution in [0.4, 0.5) is 11.4 Å². The minimum absolute atomic E-state index is 0.0180. The van der Waals surface area contributed by atoms with Crippen LogP contribution in [0, 0.1) is 17.2 Å². The Morgan fingerprint density at radius 2 is 1.81 bits per heavy atom. The summed E-state index contributed by atoms with van der Waals surface area (Å²) in [6.07, 6.45) is 2.39. The molecule has 1 fully saturated rings. The zero-order valence-electron chi connectivity index (χ0n) is 19.1. The molecule has 1 aliphatic rings. The highest BCUT2D eigenvalue weighted by molar-refractivity contribution is 5.94. The lowest BCUT2D eigenvalue weighted by atomic mass is 10.0. The van der Waals surface area contributed by atoms with Gasteiger partial charge >= 0.3 is 0 Å². The van der Waals surface area contributed by atoms with E-state index < -0.39 is 0 Å². The Bertz CT molecular complexity index is 894. The van der Waals surface area contributed by atoms with Crippen LogP contribution in [0.2, 0.25) is 0 Å². The van der Waals surface area contributed by atoms with Crippen molar-refractivity contribution in [3.63, 3.8) is 0 Å². The van der Waals surface area contributed by atoms with E-state index in [0.29, 0.717) is 12.3 Å². The molecule has 164 valence electrons. The molecule has 1 aliphatic heterocycles. The van der Waals surface area contributed by atoms with Gasteiger partial charge in [0.1, 0.15) is 6.54 Å². The molecular weight excluding hydrogens is 384 g/mol. The highest BCUT2D eigenvalue weighted by atomic mass is 16.2. The quantitative estimate of drug-likeness (QED) is 0.579. The summed E-state index contributed by atoms with van der Waals surface area (Å²) in [6.45, 7) is 8.65. The van der Waals surface area contributed by atoms with E-state index in [1.807, 2.05) is 18.2 Å². The number of nitrogens with zero attached hydrogens (tertiary/aromatic N) is 4. The lowest BCUT2D eigenvalue weighted by Crippen LogP contribution is -2.44. The second-order valence-electron chi connectivity index (χ2n) is 8.58. The maximum absolute atomic E-state index is 12.8. The Labute approximate surface area is 186 Å². The summed E-state index contributed by atoms with van der Waals surface area (Å²) >= 11 is 0. The molecule has 0 saturated carbocycles. The second kappa shape index (κ2) is 11.0. The maximum atomic E-state index is 12.8. The van der Waals surface area contributed by atoms with E-state index in [1.165, 1.54) is 5.69 Å². The van der Waals surface area contributed by atoms with E-state index in [4.69, 9.17) is 0 Å². The number of likely N-dealkylation sites (N-methyl/N-ethyl adjacent to an activating group) is 1. The number of nitriles is 1. The fraction of sp³-hybridized carbons (Fsp3) is 0.462. The van der Waals surface area contributed by atoms with Crippen LogP contribution < -0.4 is 9.80 Å². The molecule has 0 spiro atoms.